The van der Waals surface area contributed by atoms with Crippen LogP contribution in [0.4, 0.5) is 0 Å². The zero-order valence-electron chi connectivity index (χ0n) is 20.3. The monoisotopic (exact) mass is 411 g/mol. The van der Waals surface area contributed by atoms with E-state index in [1.807, 2.05) is 0 Å². The molecule has 3 nitrogen and oxygen atoms in total. The molecule has 0 spiro atoms. The number of hydrogen-bond acceptors (Lipinski definition) is 3. The molecule has 0 aliphatic rings. The van der Waals surface area contributed by atoms with Gasteiger partial charge in [-0.3, -0.25) is 0 Å². The Bertz CT molecular complexity index is 813. The maximum Gasteiger partial charge on any atom is 0.122 e. The second-order valence-electron chi connectivity index (χ2n) is 9.02. The minimum absolute atomic E-state index is 0.563. The zero-order chi connectivity index (χ0) is 22.3. The molecule has 166 valence electrons. The SMILES string of the molecule is COc1cc(CCN(C)CCCC(c2cc(C)c(C)c(OC)c2)C(C)C)ccc1C. The number of rotatable bonds is 11. The number of aryl methyl sites for hydroxylation is 2. The first-order valence-corrected chi connectivity index (χ1v) is 11.2. The van der Waals surface area contributed by atoms with E-state index in [-0.39, 0.29) is 0 Å². The molecule has 0 bridgehead atoms. The highest BCUT2D eigenvalue weighted by molar-refractivity contribution is 5.43. The predicted molar refractivity (Wildman–Crippen MR) is 128 cm³/mol. The standard InChI is InChI=1S/C27H41NO2/c1-19(2)25(24-16-21(4)22(5)27(18-24)30-8)10-9-14-28(6)15-13-23-12-11-20(3)26(17-23)29-7/h11-12,16-19,25H,9-10,13-15H2,1-8H3. The van der Waals surface area contributed by atoms with Gasteiger partial charge in [0.2, 0.25) is 0 Å². The third-order valence-electron chi connectivity index (χ3n) is 6.40. The second-order valence-corrected chi connectivity index (χ2v) is 9.02. The smallest absolute Gasteiger partial charge is 0.122 e. The van der Waals surface area contributed by atoms with Gasteiger partial charge in [0.1, 0.15) is 11.5 Å². The summed E-state index contributed by atoms with van der Waals surface area (Å²) in [5, 5.41) is 0. The summed E-state index contributed by atoms with van der Waals surface area (Å²) in [6.07, 6.45) is 3.45. The summed E-state index contributed by atoms with van der Waals surface area (Å²) < 4.78 is 11.1. The molecule has 0 aromatic heterocycles. The van der Waals surface area contributed by atoms with Crippen LogP contribution in [0.1, 0.15) is 60.4 Å². The van der Waals surface area contributed by atoms with E-state index in [1.165, 1.54) is 40.7 Å². The summed E-state index contributed by atoms with van der Waals surface area (Å²) in [7, 11) is 5.75. The Morgan fingerprint density at radius 1 is 0.867 bits per heavy atom. The normalized spacial score (nSPS) is 12.5. The van der Waals surface area contributed by atoms with Gasteiger partial charge in [-0.15, -0.1) is 0 Å². The van der Waals surface area contributed by atoms with Crippen molar-refractivity contribution in [3.05, 3.63) is 58.1 Å². The molecule has 0 fully saturated rings. The van der Waals surface area contributed by atoms with Crippen LogP contribution < -0.4 is 9.47 Å². The molecular weight excluding hydrogens is 370 g/mol. The van der Waals surface area contributed by atoms with Crippen LogP contribution >= 0.6 is 0 Å². The van der Waals surface area contributed by atoms with Crippen molar-refractivity contribution in [2.75, 3.05) is 34.4 Å². The number of ether oxygens (including phenoxy) is 2. The Hall–Kier alpha value is -2.00. The van der Waals surface area contributed by atoms with E-state index in [1.54, 1.807) is 14.2 Å². The minimum Gasteiger partial charge on any atom is -0.496 e. The Balaban J connectivity index is 1.91. The molecule has 2 aromatic rings. The number of benzene rings is 2. The summed E-state index contributed by atoms with van der Waals surface area (Å²) in [4.78, 5) is 2.45. The Morgan fingerprint density at radius 2 is 1.57 bits per heavy atom. The van der Waals surface area contributed by atoms with Crippen LogP contribution in [0.2, 0.25) is 0 Å². The molecule has 0 amide bonds. The van der Waals surface area contributed by atoms with E-state index in [2.05, 4.69) is 76.9 Å². The first-order chi connectivity index (χ1) is 14.3. The Morgan fingerprint density at radius 3 is 2.20 bits per heavy atom. The van der Waals surface area contributed by atoms with Crippen LogP contribution in [0.15, 0.2) is 30.3 Å². The molecule has 3 heteroatoms. The second kappa shape index (κ2) is 11.4. The molecule has 0 saturated heterocycles. The molecule has 2 rings (SSSR count). The fourth-order valence-electron chi connectivity index (χ4n) is 4.20. The Labute approximate surface area is 184 Å². The molecule has 1 atom stereocenters. The number of likely N-dealkylation sites (N-methyl/N-ethyl adjacent to an activating group) is 1. The number of nitrogens with zero attached hydrogens (tertiary/aromatic N) is 1. The highest BCUT2D eigenvalue weighted by Crippen LogP contribution is 2.34. The molecular formula is C27H41NO2. The first-order valence-electron chi connectivity index (χ1n) is 11.2. The zero-order valence-corrected chi connectivity index (χ0v) is 20.3. The van der Waals surface area contributed by atoms with Crippen molar-refractivity contribution in [3.63, 3.8) is 0 Å². The molecule has 1 unspecified atom stereocenters. The lowest BCUT2D eigenvalue weighted by Crippen LogP contribution is -2.23. The van der Waals surface area contributed by atoms with Crippen molar-refractivity contribution in [2.45, 2.75) is 59.8 Å². The van der Waals surface area contributed by atoms with E-state index >= 15 is 0 Å². The summed E-state index contributed by atoms with van der Waals surface area (Å²) >= 11 is 0. The molecule has 0 heterocycles. The summed E-state index contributed by atoms with van der Waals surface area (Å²) in [6, 6.07) is 11.1. The third-order valence-corrected chi connectivity index (χ3v) is 6.40. The largest absolute Gasteiger partial charge is 0.496 e. The van der Waals surface area contributed by atoms with E-state index < -0.39 is 0 Å². The molecule has 30 heavy (non-hydrogen) atoms. The van der Waals surface area contributed by atoms with Gasteiger partial charge in [0.15, 0.2) is 0 Å². The van der Waals surface area contributed by atoms with Crippen molar-refractivity contribution in [1.29, 1.82) is 0 Å². The van der Waals surface area contributed by atoms with E-state index in [0.717, 1.165) is 31.0 Å². The molecule has 0 aliphatic heterocycles. The topological polar surface area (TPSA) is 21.7 Å². The fourth-order valence-corrected chi connectivity index (χ4v) is 4.20. The van der Waals surface area contributed by atoms with Gasteiger partial charge in [0, 0.05) is 6.54 Å². The molecule has 0 N–H and O–H groups in total. The van der Waals surface area contributed by atoms with Crippen molar-refractivity contribution >= 4 is 0 Å². The van der Waals surface area contributed by atoms with Gasteiger partial charge in [-0.05, 0) is 105 Å². The lowest BCUT2D eigenvalue weighted by molar-refractivity contribution is 0.316. The number of methoxy groups -OCH3 is 2. The highest BCUT2D eigenvalue weighted by Gasteiger charge is 2.18. The van der Waals surface area contributed by atoms with Crippen LogP contribution in [0, 0.1) is 26.7 Å². The molecule has 0 saturated carbocycles. The average molecular weight is 412 g/mol. The lowest BCUT2D eigenvalue weighted by atomic mass is 9.83. The molecule has 0 radical (unpaired) electrons. The lowest BCUT2D eigenvalue weighted by Gasteiger charge is -2.25. The van der Waals surface area contributed by atoms with Crippen molar-refractivity contribution in [1.82, 2.24) is 4.90 Å². The van der Waals surface area contributed by atoms with Crippen LogP contribution in [0.3, 0.4) is 0 Å². The van der Waals surface area contributed by atoms with Gasteiger partial charge in [0.25, 0.3) is 0 Å². The van der Waals surface area contributed by atoms with Crippen molar-refractivity contribution in [3.8, 4) is 11.5 Å². The van der Waals surface area contributed by atoms with Crippen LogP contribution in [0.5, 0.6) is 11.5 Å². The maximum atomic E-state index is 5.62. The van der Waals surface area contributed by atoms with Crippen molar-refractivity contribution in [2.24, 2.45) is 5.92 Å². The van der Waals surface area contributed by atoms with E-state index in [9.17, 15) is 0 Å². The van der Waals surface area contributed by atoms with Gasteiger partial charge in [0.05, 0.1) is 14.2 Å². The molecule has 2 aromatic carbocycles. The quantitative estimate of drug-likeness (QED) is 0.432. The first kappa shape index (κ1) is 24.3. The number of hydrogen-bond donors (Lipinski definition) is 0. The van der Waals surface area contributed by atoms with Gasteiger partial charge < -0.3 is 14.4 Å². The van der Waals surface area contributed by atoms with Gasteiger partial charge in [-0.25, -0.2) is 0 Å². The predicted octanol–water partition coefficient (Wildman–Crippen LogP) is 6.32. The fraction of sp³-hybridized carbons (Fsp3) is 0.556. The van der Waals surface area contributed by atoms with Gasteiger partial charge in [-0.1, -0.05) is 32.0 Å². The maximum absolute atomic E-state index is 5.62. The van der Waals surface area contributed by atoms with Crippen LogP contribution in [0.25, 0.3) is 0 Å². The van der Waals surface area contributed by atoms with Crippen LogP contribution in [-0.4, -0.2) is 39.3 Å². The Kier molecular flexibility index (Phi) is 9.23. The summed E-state index contributed by atoms with van der Waals surface area (Å²) in [5.74, 6) is 3.18. The molecule has 0 aliphatic carbocycles. The average Bonchev–Trinajstić information content (AvgIpc) is 2.72. The van der Waals surface area contributed by atoms with Gasteiger partial charge >= 0.3 is 0 Å². The summed E-state index contributed by atoms with van der Waals surface area (Å²) in [5.41, 5.74) is 6.51. The highest BCUT2D eigenvalue weighted by atomic mass is 16.5. The third kappa shape index (κ3) is 6.50. The minimum atomic E-state index is 0.563. The van der Waals surface area contributed by atoms with Gasteiger partial charge in [-0.2, -0.15) is 0 Å². The van der Waals surface area contributed by atoms with Crippen LogP contribution in [-0.2, 0) is 6.42 Å². The van der Waals surface area contributed by atoms with Crippen molar-refractivity contribution < 1.29 is 9.47 Å². The van der Waals surface area contributed by atoms with E-state index in [0.29, 0.717) is 11.8 Å². The summed E-state index contributed by atoms with van der Waals surface area (Å²) in [6.45, 7) is 13.3. The van der Waals surface area contributed by atoms with E-state index in [4.69, 9.17) is 9.47 Å².